The molecule has 5 heteroatoms. The van der Waals surface area contributed by atoms with E-state index in [9.17, 15) is 19.2 Å². The number of hydrogen-bond acceptors (Lipinski definition) is 3. The van der Waals surface area contributed by atoms with Crippen LogP contribution in [0.2, 0.25) is 0 Å². The van der Waals surface area contributed by atoms with Crippen molar-refractivity contribution in [3.63, 3.8) is 0 Å². The fourth-order valence-corrected chi connectivity index (χ4v) is 2.45. The Balaban J connectivity index is 2.28. The van der Waals surface area contributed by atoms with Gasteiger partial charge < -0.3 is 0 Å². The SMILES string of the molecule is CC(C)[C@@]1(C#N)CCN(C(=O)c2ccc(F)cc2)C1=O. The number of carbonyl (C=O) groups is 2. The van der Waals surface area contributed by atoms with Gasteiger partial charge in [-0.05, 0) is 36.6 Å². The lowest BCUT2D eigenvalue weighted by atomic mass is 9.77. The Labute approximate surface area is 116 Å². The molecule has 104 valence electrons. The summed E-state index contributed by atoms with van der Waals surface area (Å²) in [5.74, 6) is -1.54. The van der Waals surface area contributed by atoms with E-state index in [-0.39, 0.29) is 18.0 Å². The first-order chi connectivity index (χ1) is 9.42. The molecule has 1 fully saturated rings. The van der Waals surface area contributed by atoms with Crippen molar-refractivity contribution in [2.75, 3.05) is 6.54 Å². The van der Waals surface area contributed by atoms with Crippen LogP contribution in [-0.4, -0.2) is 23.3 Å². The van der Waals surface area contributed by atoms with Crippen molar-refractivity contribution in [2.24, 2.45) is 11.3 Å². The van der Waals surface area contributed by atoms with Crippen LogP contribution < -0.4 is 0 Å². The summed E-state index contributed by atoms with van der Waals surface area (Å²) in [7, 11) is 0. The Morgan fingerprint density at radius 1 is 1.40 bits per heavy atom. The van der Waals surface area contributed by atoms with Crippen LogP contribution in [0.5, 0.6) is 0 Å². The second kappa shape index (κ2) is 5.04. The fourth-order valence-electron chi connectivity index (χ4n) is 2.45. The van der Waals surface area contributed by atoms with Crippen LogP contribution >= 0.6 is 0 Å². The smallest absolute Gasteiger partial charge is 0.260 e. The highest BCUT2D eigenvalue weighted by Gasteiger charge is 2.51. The zero-order valence-electron chi connectivity index (χ0n) is 11.4. The van der Waals surface area contributed by atoms with E-state index in [1.807, 2.05) is 0 Å². The molecular weight excluding hydrogens is 259 g/mol. The molecule has 1 aromatic carbocycles. The van der Waals surface area contributed by atoms with Crippen LogP contribution in [-0.2, 0) is 4.79 Å². The van der Waals surface area contributed by atoms with E-state index < -0.39 is 23.0 Å². The molecule has 0 N–H and O–H groups in total. The van der Waals surface area contributed by atoms with Crippen molar-refractivity contribution >= 4 is 11.8 Å². The van der Waals surface area contributed by atoms with Gasteiger partial charge in [0.05, 0.1) is 6.07 Å². The molecule has 0 spiro atoms. The van der Waals surface area contributed by atoms with Gasteiger partial charge in [-0.15, -0.1) is 0 Å². The van der Waals surface area contributed by atoms with E-state index in [0.717, 1.165) is 4.90 Å². The van der Waals surface area contributed by atoms with E-state index in [1.54, 1.807) is 13.8 Å². The van der Waals surface area contributed by atoms with Crippen molar-refractivity contribution in [3.8, 4) is 6.07 Å². The van der Waals surface area contributed by atoms with E-state index >= 15 is 0 Å². The summed E-state index contributed by atoms with van der Waals surface area (Å²) in [6, 6.07) is 7.10. The fraction of sp³-hybridized carbons (Fsp3) is 0.400. The Kier molecular flexibility index (Phi) is 3.58. The highest BCUT2D eigenvalue weighted by molar-refractivity contribution is 6.08. The molecule has 0 saturated carbocycles. The minimum Gasteiger partial charge on any atom is -0.277 e. The number of carbonyl (C=O) groups excluding carboxylic acids is 2. The van der Waals surface area contributed by atoms with Gasteiger partial charge in [0.25, 0.3) is 5.91 Å². The summed E-state index contributed by atoms with van der Waals surface area (Å²) < 4.78 is 12.9. The highest BCUT2D eigenvalue weighted by atomic mass is 19.1. The Bertz CT molecular complexity index is 589. The minimum absolute atomic E-state index is 0.161. The summed E-state index contributed by atoms with van der Waals surface area (Å²) in [4.78, 5) is 25.8. The summed E-state index contributed by atoms with van der Waals surface area (Å²) in [5.41, 5.74) is -0.882. The van der Waals surface area contributed by atoms with Crippen LogP contribution in [0.1, 0.15) is 30.6 Å². The maximum Gasteiger partial charge on any atom is 0.260 e. The molecule has 1 aliphatic rings. The number of nitriles is 1. The maximum atomic E-state index is 12.9. The van der Waals surface area contributed by atoms with Gasteiger partial charge in [0.2, 0.25) is 5.91 Å². The summed E-state index contributed by atoms with van der Waals surface area (Å²) in [5, 5.41) is 9.31. The molecular formula is C15H15FN2O2. The average Bonchev–Trinajstić information content (AvgIpc) is 2.77. The number of benzene rings is 1. The Hall–Kier alpha value is -2.22. The lowest BCUT2D eigenvalue weighted by molar-refractivity contribution is -0.133. The highest BCUT2D eigenvalue weighted by Crippen LogP contribution is 2.38. The van der Waals surface area contributed by atoms with Gasteiger partial charge in [0.1, 0.15) is 11.2 Å². The molecule has 1 aliphatic heterocycles. The average molecular weight is 274 g/mol. The zero-order valence-corrected chi connectivity index (χ0v) is 11.4. The zero-order chi connectivity index (χ0) is 14.9. The van der Waals surface area contributed by atoms with Gasteiger partial charge >= 0.3 is 0 Å². The largest absolute Gasteiger partial charge is 0.277 e. The van der Waals surface area contributed by atoms with Crippen LogP contribution in [0, 0.1) is 28.5 Å². The van der Waals surface area contributed by atoms with Gasteiger partial charge in [-0.25, -0.2) is 4.39 Å². The number of likely N-dealkylation sites (tertiary alicyclic amines) is 1. The van der Waals surface area contributed by atoms with Gasteiger partial charge in [0.15, 0.2) is 0 Å². The van der Waals surface area contributed by atoms with E-state index in [1.165, 1.54) is 24.3 Å². The predicted octanol–water partition coefficient (Wildman–Crippen LogP) is 2.36. The molecule has 0 bridgehead atoms. The van der Waals surface area contributed by atoms with E-state index in [2.05, 4.69) is 6.07 Å². The lowest BCUT2D eigenvalue weighted by Gasteiger charge is -2.23. The number of rotatable bonds is 2. The van der Waals surface area contributed by atoms with Crippen molar-refractivity contribution in [2.45, 2.75) is 20.3 Å². The number of halogens is 1. The number of amides is 2. The molecule has 1 saturated heterocycles. The quantitative estimate of drug-likeness (QED) is 0.778. The van der Waals surface area contributed by atoms with Gasteiger partial charge in [0, 0.05) is 12.1 Å². The lowest BCUT2D eigenvalue weighted by Crippen LogP contribution is -2.40. The molecule has 0 aliphatic carbocycles. The summed E-state index contributed by atoms with van der Waals surface area (Å²) in [6.45, 7) is 3.82. The minimum atomic E-state index is -1.13. The first-order valence-electron chi connectivity index (χ1n) is 6.45. The van der Waals surface area contributed by atoms with E-state index in [0.29, 0.717) is 6.42 Å². The van der Waals surface area contributed by atoms with Crippen LogP contribution in [0.3, 0.4) is 0 Å². The standard InChI is InChI=1S/C15H15FN2O2/c1-10(2)15(9-17)7-8-18(14(15)20)13(19)11-3-5-12(16)6-4-11/h3-6,10H,7-8H2,1-2H3/t15-/m0/s1. The molecule has 0 radical (unpaired) electrons. The topological polar surface area (TPSA) is 61.2 Å². The number of hydrogen-bond donors (Lipinski definition) is 0. The molecule has 2 rings (SSSR count). The van der Waals surface area contributed by atoms with Crippen molar-refractivity contribution in [3.05, 3.63) is 35.6 Å². The normalized spacial score (nSPS) is 22.1. The molecule has 1 aromatic rings. The monoisotopic (exact) mass is 274 g/mol. The van der Waals surface area contributed by atoms with Gasteiger partial charge in [-0.3, -0.25) is 14.5 Å². The van der Waals surface area contributed by atoms with Crippen molar-refractivity contribution < 1.29 is 14.0 Å². The molecule has 1 atom stereocenters. The number of nitrogens with zero attached hydrogens (tertiary/aromatic N) is 2. The third-order valence-electron chi connectivity index (χ3n) is 3.88. The molecule has 0 unspecified atom stereocenters. The van der Waals surface area contributed by atoms with Crippen molar-refractivity contribution in [1.29, 1.82) is 5.26 Å². The third kappa shape index (κ3) is 2.07. The van der Waals surface area contributed by atoms with Gasteiger partial charge in [-0.1, -0.05) is 13.8 Å². The summed E-state index contributed by atoms with van der Waals surface area (Å²) in [6.07, 6.45) is 0.340. The molecule has 0 aromatic heterocycles. The maximum absolute atomic E-state index is 12.9. The van der Waals surface area contributed by atoms with Crippen LogP contribution in [0.15, 0.2) is 24.3 Å². The molecule has 1 heterocycles. The van der Waals surface area contributed by atoms with Crippen LogP contribution in [0.4, 0.5) is 4.39 Å². The van der Waals surface area contributed by atoms with Crippen molar-refractivity contribution in [1.82, 2.24) is 4.90 Å². The van der Waals surface area contributed by atoms with Gasteiger partial charge in [-0.2, -0.15) is 5.26 Å². The first-order valence-corrected chi connectivity index (χ1v) is 6.45. The second-order valence-electron chi connectivity index (χ2n) is 5.26. The summed E-state index contributed by atoms with van der Waals surface area (Å²) >= 11 is 0. The van der Waals surface area contributed by atoms with E-state index in [4.69, 9.17) is 0 Å². The number of imide groups is 1. The molecule has 20 heavy (non-hydrogen) atoms. The second-order valence-corrected chi connectivity index (χ2v) is 5.26. The Morgan fingerprint density at radius 3 is 2.45 bits per heavy atom. The first kappa shape index (κ1) is 14.2. The third-order valence-corrected chi connectivity index (χ3v) is 3.88. The predicted molar refractivity (Wildman–Crippen MR) is 69.9 cm³/mol. The Morgan fingerprint density at radius 2 is 2.00 bits per heavy atom. The molecule has 2 amide bonds. The molecule has 4 nitrogen and oxygen atoms in total. The van der Waals surface area contributed by atoms with Crippen LogP contribution in [0.25, 0.3) is 0 Å².